The van der Waals surface area contributed by atoms with Crippen molar-refractivity contribution in [1.82, 2.24) is 5.32 Å². The minimum Gasteiger partial charge on any atom is -0.313 e. The monoisotopic (exact) mass is 259 g/mol. The zero-order valence-corrected chi connectivity index (χ0v) is 11.8. The van der Waals surface area contributed by atoms with Gasteiger partial charge in [-0.1, -0.05) is 31.2 Å². The van der Waals surface area contributed by atoms with E-state index in [0.29, 0.717) is 6.04 Å². The molecule has 1 unspecified atom stereocenters. The number of rotatable bonds is 7. The SMILES string of the molecule is C=CCC(Cc1csc2ccccc12)NCCC. The van der Waals surface area contributed by atoms with Crippen LogP contribution in [-0.4, -0.2) is 12.6 Å². The van der Waals surface area contributed by atoms with Gasteiger partial charge in [0.25, 0.3) is 0 Å². The smallest absolute Gasteiger partial charge is 0.0345 e. The molecule has 18 heavy (non-hydrogen) atoms. The van der Waals surface area contributed by atoms with E-state index in [1.807, 2.05) is 17.4 Å². The number of thiophene rings is 1. The van der Waals surface area contributed by atoms with Crippen molar-refractivity contribution in [1.29, 1.82) is 0 Å². The van der Waals surface area contributed by atoms with Gasteiger partial charge in [-0.3, -0.25) is 0 Å². The fraction of sp³-hybridized carbons (Fsp3) is 0.375. The summed E-state index contributed by atoms with van der Waals surface area (Å²) < 4.78 is 1.39. The van der Waals surface area contributed by atoms with Gasteiger partial charge in [0.2, 0.25) is 0 Å². The average molecular weight is 259 g/mol. The molecule has 0 bridgehead atoms. The maximum absolute atomic E-state index is 3.86. The van der Waals surface area contributed by atoms with E-state index >= 15 is 0 Å². The molecule has 1 aromatic heterocycles. The highest BCUT2D eigenvalue weighted by molar-refractivity contribution is 7.17. The molecule has 0 fully saturated rings. The van der Waals surface area contributed by atoms with E-state index in [-0.39, 0.29) is 0 Å². The summed E-state index contributed by atoms with van der Waals surface area (Å²) in [6.07, 6.45) is 5.32. The van der Waals surface area contributed by atoms with Crippen molar-refractivity contribution in [3.8, 4) is 0 Å². The predicted octanol–water partition coefficient (Wildman–Crippen LogP) is 4.39. The van der Waals surface area contributed by atoms with E-state index in [9.17, 15) is 0 Å². The normalized spacial score (nSPS) is 12.7. The highest BCUT2D eigenvalue weighted by Crippen LogP contribution is 2.26. The highest BCUT2D eigenvalue weighted by atomic mass is 32.1. The molecule has 0 amide bonds. The molecule has 0 aliphatic carbocycles. The zero-order chi connectivity index (χ0) is 12.8. The van der Waals surface area contributed by atoms with Gasteiger partial charge in [0.15, 0.2) is 0 Å². The predicted molar refractivity (Wildman–Crippen MR) is 82.4 cm³/mol. The minimum atomic E-state index is 0.514. The first kappa shape index (κ1) is 13.3. The Morgan fingerprint density at radius 3 is 3.00 bits per heavy atom. The van der Waals surface area contributed by atoms with Crippen LogP contribution in [0.4, 0.5) is 0 Å². The molecule has 0 aliphatic rings. The summed E-state index contributed by atoms with van der Waals surface area (Å²) in [4.78, 5) is 0. The Labute approximate surface area is 114 Å². The molecule has 2 rings (SSSR count). The first-order valence-electron chi connectivity index (χ1n) is 6.64. The number of nitrogens with one attached hydrogen (secondary N) is 1. The summed E-state index contributed by atoms with van der Waals surface area (Å²) in [6, 6.07) is 9.18. The number of benzene rings is 1. The Hall–Kier alpha value is -1.12. The van der Waals surface area contributed by atoms with Gasteiger partial charge in [0.1, 0.15) is 0 Å². The van der Waals surface area contributed by atoms with Crippen LogP contribution in [-0.2, 0) is 6.42 Å². The van der Waals surface area contributed by atoms with Crippen LogP contribution in [0.3, 0.4) is 0 Å². The second kappa shape index (κ2) is 6.72. The molecule has 2 aromatic rings. The summed E-state index contributed by atoms with van der Waals surface area (Å²) in [5.41, 5.74) is 1.46. The lowest BCUT2D eigenvalue weighted by atomic mass is 10.0. The van der Waals surface area contributed by atoms with E-state index < -0.39 is 0 Å². The van der Waals surface area contributed by atoms with Crippen molar-refractivity contribution >= 4 is 21.4 Å². The molecule has 0 saturated carbocycles. The first-order chi connectivity index (χ1) is 8.85. The van der Waals surface area contributed by atoms with Crippen LogP contribution < -0.4 is 5.32 Å². The molecule has 96 valence electrons. The van der Waals surface area contributed by atoms with Crippen molar-refractivity contribution in [2.24, 2.45) is 0 Å². The maximum atomic E-state index is 3.86. The largest absolute Gasteiger partial charge is 0.313 e. The van der Waals surface area contributed by atoms with Gasteiger partial charge < -0.3 is 5.32 Å². The fourth-order valence-electron chi connectivity index (χ4n) is 2.24. The summed E-state index contributed by atoms with van der Waals surface area (Å²) in [6.45, 7) is 7.15. The summed E-state index contributed by atoms with van der Waals surface area (Å²) in [7, 11) is 0. The summed E-state index contributed by atoms with van der Waals surface area (Å²) in [5, 5.41) is 7.32. The van der Waals surface area contributed by atoms with E-state index in [1.165, 1.54) is 22.1 Å². The lowest BCUT2D eigenvalue weighted by Crippen LogP contribution is -2.31. The van der Waals surface area contributed by atoms with Gasteiger partial charge in [-0.15, -0.1) is 17.9 Å². The van der Waals surface area contributed by atoms with E-state index in [1.54, 1.807) is 0 Å². The van der Waals surface area contributed by atoms with Crippen molar-refractivity contribution in [3.63, 3.8) is 0 Å². The van der Waals surface area contributed by atoms with Gasteiger partial charge in [-0.25, -0.2) is 0 Å². The summed E-state index contributed by atoms with van der Waals surface area (Å²) >= 11 is 1.84. The first-order valence-corrected chi connectivity index (χ1v) is 7.52. The lowest BCUT2D eigenvalue weighted by Gasteiger charge is -2.16. The van der Waals surface area contributed by atoms with Crippen LogP contribution >= 0.6 is 11.3 Å². The van der Waals surface area contributed by atoms with Gasteiger partial charge in [0.05, 0.1) is 0 Å². The van der Waals surface area contributed by atoms with E-state index in [2.05, 4.69) is 48.5 Å². The maximum Gasteiger partial charge on any atom is 0.0345 e. The number of hydrogen-bond donors (Lipinski definition) is 1. The summed E-state index contributed by atoms with van der Waals surface area (Å²) in [5.74, 6) is 0. The average Bonchev–Trinajstić information content (AvgIpc) is 2.80. The molecule has 1 aromatic carbocycles. The van der Waals surface area contributed by atoms with Crippen LogP contribution in [0.15, 0.2) is 42.3 Å². The molecule has 2 heteroatoms. The van der Waals surface area contributed by atoms with Crippen LogP contribution in [0.1, 0.15) is 25.3 Å². The fourth-order valence-corrected chi connectivity index (χ4v) is 3.22. The van der Waals surface area contributed by atoms with Crippen molar-refractivity contribution in [2.45, 2.75) is 32.2 Å². The van der Waals surface area contributed by atoms with Gasteiger partial charge in [0, 0.05) is 10.7 Å². The molecule has 1 heterocycles. The highest BCUT2D eigenvalue weighted by Gasteiger charge is 2.10. The van der Waals surface area contributed by atoms with Gasteiger partial charge in [-0.2, -0.15) is 0 Å². The Balaban J connectivity index is 2.12. The Kier molecular flexibility index (Phi) is 4.97. The third-order valence-corrected chi connectivity index (χ3v) is 4.17. The molecule has 1 atom stereocenters. The Bertz CT molecular complexity index is 501. The lowest BCUT2D eigenvalue weighted by molar-refractivity contribution is 0.513. The second-order valence-corrected chi connectivity index (χ2v) is 5.55. The molecule has 0 aliphatic heterocycles. The Morgan fingerprint density at radius 1 is 1.39 bits per heavy atom. The molecule has 0 radical (unpaired) electrons. The van der Waals surface area contributed by atoms with Gasteiger partial charge >= 0.3 is 0 Å². The topological polar surface area (TPSA) is 12.0 Å². The minimum absolute atomic E-state index is 0.514. The molecule has 1 nitrogen and oxygen atoms in total. The van der Waals surface area contributed by atoms with Crippen molar-refractivity contribution in [3.05, 3.63) is 47.9 Å². The Morgan fingerprint density at radius 2 is 2.22 bits per heavy atom. The standard InChI is InChI=1S/C16H21NS/c1-3-7-14(17-10-4-2)11-13-12-18-16-9-6-5-8-15(13)16/h3,5-6,8-9,12,14,17H,1,4,7,10-11H2,2H3. The number of hydrogen-bond acceptors (Lipinski definition) is 2. The molecule has 0 saturated heterocycles. The van der Waals surface area contributed by atoms with Gasteiger partial charge in [-0.05, 0) is 48.2 Å². The zero-order valence-electron chi connectivity index (χ0n) is 11.0. The quantitative estimate of drug-likeness (QED) is 0.727. The molecular formula is C16H21NS. The van der Waals surface area contributed by atoms with Crippen molar-refractivity contribution in [2.75, 3.05) is 6.54 Å². The van der Waals surface area contributed by atoms with Crippen LogP contribution in [0, 0.1) is 0 Å². The molecule has 1 N–H and O–H groups in total. The van der Waals surface area contributed by atoms with Crippen molar-refractivity contribution < 1.29 is 0 Å². The second-order valence-electron chi connectivity index (χ2n) is 4.64. The third-order valence-electron chi connectivity index (χ3n) is 3.16. The third kappa shape index (κ3) is 3.21. The van der Waals surface area contributed by atoms with Crippen LogP contribution in [0.5, 0.6) is 0 Å². The van der Waals surface area contributed by atoms with Crippen LogP contribution in [0.2, 0.25) is 0 Å². The van der Waals surface area contributed by atoms with Crippen LogP contribution in [0.25, 0.3) is 10.1 Å². The van der Waals surface area contributed by atoms with E-state index in [4.69, 9.17) is 0 Å². The van der Waals surface area contributed by atoms with E-state index in [0.717, 1.165) is 19.4 Å². The molecule has 0 spiro atoms. The molecular weight excluding hydrogens is 238 g/mol. The number of fused-ring (bicyclic) bond motifs is 1.